The van der Waals surface area contributed by atoms with Crippen LogP contribution in [0, 0.1) is 5.41 Å². The van der Waals surface area contributed by atoms with Crippen LogP contribution in [-0.2, 0) is 17.8 Å². The van der Waals surface area contributed by atoms with Gasteiger partial charge in [-0.1, -0.05) is 17.3 Å². The summed E-state index contributed by atoms with van der Waals surface area (Å²) >= 11 is 1.10. The number of benzene rings is 1. The Labute approximate surface area is 259 Å². The van der Waals surface area contributed by atoms with Gasteiger partial charge in [0.1, 0.15) is 6.17 Å². The number of amides is 1. The first-order valence-corrected chi connectivity index (χ1v) is 15.2. The second-order valence-corrected chi connectivity index (χ2v) is 12.8. The molecule has 14 heteroatoms. The first-order valence-electron chi connectivity index (χ1n) is 14.4. The fourth-order valence-electron chi connectivity index (χ4n) is 4.61. The number of hydrogen-bond acceptors (Lipinski definition) is 9. The predicted molar refractivity (Wildman–Crippen MR) is 167 cm³/mol. The van der Waals surface area contributed by atoms with Gasteiger partial charge in [0, 0.05) is 36.9 Å². The standard InChI is InChI=1S/C28H36F4N6O2S.C2H5N/c1-16(2)38-12-10-20(19(29)15-38)35-21-8-6-7-17-18(13-28(30,31)32)25(41-24(17)21)26-36-23(40-37-26)14-33-22(39)9-11-34-27(3,4)5;1-2-3/h6-9,11,16,19-20,34-35H,10,12-15H2,1-5H3,(H,33,39);2-3H,1H3/b11-9+;. The highest BCUT2D eigenvalue weighted by Crippen LogP contribution is 2.43. The molecule has 44 heavy (non-hydrogen) atoms. The molecule has 1 aromatic carbocycles. The van der Waals surface area contributed by atoms with E-state index in [4.69, 9.17) is 9.93 Å². The average molecular weight is 640 g/mol. The number of carbonyl (C=O) groups excluding carboxylic acids is 1. The van der Waals surface area contributed by atoms with Crippen molar-refractivity contribution in [1.29, 1.82) is 5.41 Å². The van der Waals surface area contributed by atoms with Crippen LogP contribution in [0.1, 0.15) is 59.4 Å². The van der Waals surface area contributed by atoms with Gasteiger partial charge in [0.15, 0.2) is 0 Å². The van der Waals surface area contributed by atoms with Crippen molar-refractivity contribution in [3.05, 3.63) is 41.9 Å². The van der Waals surface area contributed by atoms with E-state index >= 15 is 4.39 Å². The number of halogens is 4. The van der Waals surface area contributed by atoms with E-state index in [0.29, 0.717) is 28.7 Å². The maximum Gasteiger partial charge on any atom is 0.393 e. The molecular weight excluding hydrogens is 598 g/mol. The molecule has 0 bridgehead atoms. The number of aromatic nitrogens is 2. The Morgan fingerprint density at radius 2 is 1.98 bits per heavy atom. The molecule has 1 saturated heterocycles. The van der Waals surface area contributed by atoms with Crippen molar-refractivity contribution in [2.24, 2.45) is 0 Å². The van der Waals surface area contributed by atoms with E-state index < -0.39 is 30.7 Å². The number of nitrogens with zero attached hydrogens (tertiary/aromatic N) is 3. The number of rotatable bonds is 9. The molecule has 0 aliphatic carbocycles. The van der Waals surface area contributed by atoms with E-state index in [1.165, 1.54) is 18.5 Å². The van der Waals surface area contributed by atoms with Crippen molar-refractivity contribution >= 4 is 39.2 Å². The zero-order chi connectivity index (χ0) is 32.7. The number of nitrogens with one attached hydrogen (secondary N) is 4. The van der Waals surface area contributed by atoms with E-state index in [1.807, 2.05) is 34.6 Å². The highest BCUT2D eigenvalue weighted by Gasteiger charge is 2.34. The summed E-state index contributed by atoms with van der Waals surface area (Å²) in [5, 5.41) is 19.3. The molecule has 1 aliphatic rings. The molecule has 1 fully saturated rings. The highest BCUT2D eigenvalue weighted by molar-refractivity contribution is 7.23. The van der Waals surface area contributed by atoms with Crippen molar-refractivity contribution in [3.63, 3.8) is 0 Å². The quantitative estimate of drug-likeness (QED) is 0.121. The SMILES string of the molecule is CC(C)N1CCC(Nc2cccc3c(CC(F)(F)F)c(-c4noc(CNC(=O)/C=C/NC(C)(C)C)n4)sc23)C(F)C1.CC=N. The lowest BCUT2D eigenvalue weighted by molar-refractivity contribution is -0.126. The summed E-state index contributed by atoms with van der Waals surface area (Å²) in [6, 6.07) is 4.81. The van der Waals surface area contributed by atoms with Crippen molar-refractivity contribution < 1.29 is 26.9 Å². The van der Waals surface area contributed by atoms with Gasteiger partial charge >= 0.3 is 6.18 Å². The lowest BCUT2D eigenvalue weighted by atomic mass is 10.0. The summed E-state index contributed by atoms with van der Waals surface area (Å²) in [4.78, 5) is 18.6. The summed E-state index contributed by atoms with van der Waals surface area (Å²) in [5.41, 5.74) is 0.393. The third-order valence-corrected chi connectivity index (χ3v) is 7.95. The van der Waals surface area contributed by atoms with Crippen LogP contribution >= 0.6 is 11.3 Å². The van der Waals surface area contributed by atoms with Crippen LogP contribution in [0.4, 0.5) is 23.2 Å². The Kier molecular flexibility index (Phi) is 11.9. The number of fused-ring (bicyclic) bond motifs is 1. The monoisotopic (exact) mass is 639 g/mol. The maximum atomic E-state index is 15.0. The van der Waals surface area contributed by atoms with Gasteiger partial charge in [-0.15, -0.1) is 11.3 Å². The van der Waals surface area contributed by atoms with Crippen LogP contribution in [-0.4, -0.2) is 70.2 Å². The molecule has 1 amide bonds. The first kappa shape index (κ1) is 35.0. The zero-order valence-electron chi connectivity index (χ0n) is 25.8. The van der Waals surface area contributed by atoms with Gasteiger partial charge in [-0.3, -0.25) is 9.69 Å². The normalized spacial score (nSPS) is 17.9. The van der Waals surface area contributed by atoms with Crippen molar-refractivity contribution in [1.82, 2.24) is 25.7 Å². The lowest BCUT2D eigenvalue weighted by Gasteiger charge is -2.37. The number of alkyl halides is 4. The molecule has 4 rings (SSSR count). The van der Waals surface area contributed by atoms with Gasteiger partial charge in [0.25, 0.3) is 0 Å². The van der Waals surface area contributed by atoms with Gasteiger partial charge in [-0.25, -0.2) is 4.39 Å². The van der Waals surface area contributed by atoms with Crippen LogP contribution in [0.15, 0.2) is 35.0 Å². The molecule has 1 aliphatic heterocycles. The molecule has 0 radical (unpaired) electrons. The second-order valence-electron chi connectivity index (χ2n) is 11.8. The molecular formula is C30H41F4N7O2S. The van der Waals surface area contributed by atoms with Crippen LogP contribution < -0.4 is 16.0 Å². The minimum atomic E-state index is -4.48. The third-order valence-electron chi connectivity index (χ3n) is 6.68. The van der Waals surface area contributed by atoms with Gasteiger partial charge in [-0.2, -0.15) is 18.2 Å². The van der Waals surface area contributed by atoms with Crippen LogP contribution in [0.25, 0.3) is 20.8 Å². The fraction of sp³-hybridized carbons (Fsp3) is 0.533. The fourth-order valence-corrected chi connectivity index (χ4v) is 5.83. The number of carbonyl (C=O) groups is 1. The van der Waals surface area contributed by atoms with Crippen molar-refractivity contribution in [2.45, 2.75) is 90.9 Å². The number of hydrogen-bond donors (Lipinski definition) is 4. The van der Waals surface area contributed by atoms with Gasteiger partial charge < -0.3 is 25.9 Å². The molecule has 9 nitrogen and oxygen atoms in total. The summed E-state index contributed by atoms with van der Waals surface area (Å²) in [7, 11) is 0. The summed E-state index contributed by atoms with van der Waals surface area (Å²) in [6.07, 6.45) is -2.11. The highest BCUT2D eigenvalue weighted by atomic mass is 32.1. The smallest absolute Gasteiger partial charge is 0.386 e. The topological polar surface area (TPSA) is 119 Å². The van der Waals surface area contributed by atoms with E-state index in [0.717, 1.165) is 17.9 Å². The molecule has 242 valence electrons. The lowest BCUT2D eigenvalue weighted by Crippen LogP contribution is -2.50. The minimum absolute atomic E-state index is 0.000741. The summed E-state index contributed by atoms with van der Waals surface area (Å²) < 4.78 is 61.9. The number of piperidine rings is 1. The minimum Gasteiger partial charge on any atom is -0.386 e. The summed E-state index contributed by atoms with van der Waals surface area (Å²) in [6.45, 7) is 12.5. The molecule has 2 aromatic heterocycles. The third kappa shape index (κ3) is 10.0. The van der Waals surface area contributed by atoms with Crippen molar-refractivity contribution in [2.75, 3.05) is 18.4 Å². The van der Waals surface area contributed by atoms with E-state index in [-0.39, 0.29) is 40.3 Å². The van der Waals surface area contributed by atoms with Gasteiger partial charge in [-0.05, 0) is 71.2 Å². The Morgan fingerprint density at radius 3 is 2.59 bits per heavy atom. The molecule has 3 heterocycles. The first-order chi connectivity index (χ1) is 20.6. The van der Waals surface area contributed by atoms with Crippen molar-refractivity contribution in [3.8, 4) is 10.7 Å². The summed E-state index contributed by atoms with van der Waals surface area (Å²) in [5.74, 6) is -0.349. The molecule has 0 saturated carbocycles. The van der Waals surface area contributed by atoms with Crippen LogP contribution in [0.5, 0.6) is 0 Å². The molecule has 3 aromatic rings. The zero-order valence-corrected chi connectivity index (χ0v) is 26.6. The van der Waals surface area contributed by atoms with Gasteiger partial charge in [0.05, 0.1) is 34.3 Å². The Bertz CT molecular complexity index is 1430. The van der Waals surface area contributed by atoms with E-state index in [2.05, 4.69) is 31.0 Å². The Hall–Kier alpha value is -3.52. The van der Waals surface area contributed by atoms with E-state index in [1.54, 1.807) is 25.1 Å². The molecule has 0 spiro atoms. The number of anilines is 1. The van der Waals surface area contributed by atoms with Gasteiger partial charge in [0.2, 0.25) is 17.6 Å². The largest absolute Gasteiger partial charge is 0.393 e. The Balaban J connectivity index is 0.00000169. The predicted octanol–water partition coefficient (Wildman–Crippen LogP) is 6.46. The van der Waals surface area contributed by atoms with Crippen LogP contribution in [0.3, 0.4) is 0 Å². The molecule has 2 unspecified atom stereocenters. The molecule has 2 atom stereocenters. The average Bonchev–Trinajstić information content (AvgIpc) is 3.53. The number of likely N-dealkylation sites (tertiary alicyclic amines) is 1. The Morgan fingerprint density at radius 1 is 1.27 bits per heavy atom. The van der Waals surface area contributed by atoms with E-state index in [9.17, 15) is 18.0 Å². The maximum absolute atomic E-state index is 15.0. The second kappa shape index (κ2) is 15.0. The number of thiophene rings is 1. The molecule has 4 N–H and O–H groups in total. The van der Waals surface area contributed by atoms with Crippen LogP contribution in [0.2, 0.25) is 0 Å².